The van der Waals surface area contributed by atoms with Crippen LogP contribution in [0.3, 0.4) is 0 Å². The number of carbonyl (C=O) groups is 1. The van der Waals surface area contributed by atoms with Gasteiger partial charge in [-0.25, -0.2) is 4.98 Å². The molecule has 2 N–H and O–H groups in total. The monoisotopic (exact) mass is 562 g/mol. The van der Waals surface area contributed by atoms with Crippen LogP contribution in [0, 0.1) is 0 Å². The van der Waals surface area contributed by atoms with E-state index < -0.39 is 6.10 Å². The Kier molecular flexibility index (Phi) is 8.56. The van der Waals surface area contributed by atoms with Gasteiger partial charge in [-0.1, -0.05) is 60.7 Å². The normalized spacial score (nSPS) is 15.0. The molecule has 0 aliphatic carbocycles. The highest BCUT2D eigenvalue weighted by atomic mass is 16.5. The molecule has 1 aliphatic rings. The number of aromatic nitrogens is 1. The second kappa shape index (κ2) is 13.0. The first-order valence-electron chi connectivity index (χ1n) is 14.3. The van der Waals surface area contributed by atoms with Gasteiger partial charge in [-0.05, 0) is 47.5 Å². The summed E-state index contributed by atoms with van der Waals surface area (Å²) in [6, 6.07) is 33.3. The molecule has 1 fully saturated rings. The number of hydrogen-bond acceptors (Lipinski definition) is 7. The summed E-state index contributed by atoms with van der Waals surface area (Å²) in [7, 11) is 0. The highest BCUT2D eigenvalue weighted by Gasteiger charge is 2.21. The van der Waals surface area contributed by atoms with E-state index in [1.54, 1.807) is 0 Å². The number of ether oxygens (including phenoxy) is 1. The van der Waals surface area contributed by atoms with E-state index >= 15 is 0 Å². The molecule has 1 amide bonds. The lowest BCUT2D eigenvalue weighted by molar-refractivity contribution is -0.117. The lowest BCUT2D eigenvalue weighted by atomic mass is 10.1. The molecular formula is C34H34N4O4. The Morgan fingerprint density at radius 3 is 2.29 bits per heavy atom. The highest BCUT2D eigenvalue weighted by Crippen LogP contribution is 2.27. The summed E-state index contributed by atoms with van der Waals surface area (Å²) in [6.07, 6.45) is -0.635. The summed E-state index contributed by atoms with van der Waals surface area (Å²) in [5.41, 5.74) is 5.30. The van der Waals surface area contributed by atoms with Crippen molar-refractivity contribution in [3.63, 3.8) is 0 Å². The first-order valence-corrected chi connectivity index (χ1v) is 14.3. The van der Waals surface area contributed by atoms with Crippen LogP contribution < -0.4 is 10.1 Å². The summed E-state index contributed by atoms with van der Waals surface area (Å²) >= 11 is 0. The largest absolute Gasteiger partial charge is 0.491 e. The number of hydrogen-bond donors (Lipinski definition) is 2. The molecule has 214 valence electrons. The molecular weight excluding hydrogens is 528 g/mol. The minimum Gasteiger partial charge on any atom is -0.491 e. The summed E-state index contributed by atoms with van der Waals surface area (Å²) in [4.78, 5) is 21.7. The molecule has 42 heavy (non-hydrogen) atoms. The second-order valence-electron chi connectivity index (χ2n) is 10.6. The zero-order valence-corrected chi connectivity index (χ0v) is 23.4. The Balaban J connectivity index is 0.932. The van der Waals surface area contributed by atoms with Gasteiger partial charge in [-0.3, -0.25) is 14.6 Å². The van der Waals surface area contributed by atoms with Gasteiger partial charge in [-0.2, -0.15) is 0 Å². The second-order valence-corrected chi connectivity index (χ2v) is 10.6. The maximum Gasteiger partial charge on any atom is 0.238 e. The van der Waals surface area contributed by atoms with E-state index in [9.17, 15) is 9.90 Å². The Bertz CT molecular complexity index is 1620. The lowest BCUT2D eigenvalue weighted by Gasteiger charge is -2.35. The van der Waals surface area contributed by atoms with Crippen LogP contribution in [0.2, 0.25) is 0 Å². The number of fused-ring (bicyclic) bond motifs is 1. The van der Waals surface area contributed by atoms with Crippen LogP contribution in [0.4, 0.5) is 5.69 Å². The van der Waals surface area contributed by atoms with E-state index in [-0.39, 0.29) is 12.5 Å². The fraction of sp³-hybridized carbons (Fsp3) is 0.235. The molecule has 1 atom stereocenters. The third-order valence-electron chi connectivity index (χ3n) is 7.38. The SMILES string of the molecule is O=C(CN1CCN(CC(O)COc2ccc3oc(-c4ccccc4)nc3c2)CC1)Nc1cccc(-c2ccccc2)c1. The third kappa shape index (κ3) is 7.03. The van der Waals surface area contributed by atoms with Crippen LogP contribution in [0.1, 0.15) is 0 Å². The van der Waals surface area contributed by atoms with E-state index in [0.717, 1.165) is 48.6 Å². The van der Waals surface area contributed by atoms with Gasteiger partial charge in [0.05, 0.1) is 6.54 Å². The van der Waals surface area contributed by atoms with Crippen LogP contribution in [0.5, 0.6) is 5.75 Å². The first kappa shape index (κ1) is 27.7. The quantitative estimate of drug-likeness (QED) is 0.243. The number of amides is 1. The van der Waals surface area contributed by atoms with Gasteiger partial charge in [0, 0.05) is 50.0 Å². The molecule has 1 aromatic heterocycles. The zero-order chi connectivity index (χ0) is 28.7. The summed E-state index contributed by atoms with van der Waals surface area (Å²) in [5.74, 6) is 1.18. The van der Waals surface area contributed by atoms with Crippen molar-refractivity contribution in [2.45, 2.75) is 6.10 Å². The van der Waals surface area contributed by atoms with E-state index in [0.29, 0.717) is 35.8 Å². The van der Waals surface area contributed by atoms with Gasteiger partial charge in [0.15, 0.2) is 5.58 Å². The number of aliphatic hydroxyl groups excluding tert-OH is 1. The average Bonchev–Trinajstić information content (AvgIpc) is 3.46. The zero-order valence-electron chi connectivity index (χ0n) is 23.4. The number of benzene rings is 4. The maximum absolute atomic E-state index is 12.7. The molecule has 2 heterocycles. The third-order valence-corrected chi connectivity index (χ3v) is 7.38. The topological polar surface area (TPSA) is 91.1 Å². The van der Waals surface area contributed by atoms with Crippen molar-refractivity contribution >= 4 is 22.7 Å². The predicted molar refractivity (Wildman–Crippen MR) is 164 cm³/mol. The Morgan fingerprint density at radius 2 is 1.52 bits per heavy atom. The van der Waals surface area contributed by atoms with Crippen LogP contribution in [0.15, 0.2) is 108 Å². The molecule has 0 bridgehead atoms. The fourth-order valence-electron chi connectivity index (χ4n) is 5.19. The molecule has 6 rings (SSSR count). The van der Waals surface area contributed by atoms with Crippen LogP contribution in [-0.2, 0) is 4.79 Å². The lowest BCUT2D eigenvalue weighted by Crippen LogP contribution is -2.50. The van der Waals surface area contributed by atoms with Gasteiger partial charge in [0.1, 0.15) is 24.0 Å². The van der Waals surface area contributed by atoms with E-state index in [2.05, 4.69) is 32.2 Å². The minimum absolute atomic E-state index is 0.0259. The van der Waals surface area contributed by atoms with Crippen LogP contribution >= 0.6 is 0 Å². The number of anilines is 1. The van der Waals surface area contributed by atoms with Gasteiger partial charge in [0.25, 0.3) is 0 Å². The summed E-state index contributed by atoms with van der Waals surface area (Å²) in [6.45, 7) is 4.11. The Labute approximate surface area is 245 Å². The van der Waals surface area contributed by atoms with Crippen molar-refractivity contribution in [2.24, 2.45) is 0 Å². The first-order chi connectivity index (χ1) is 20.6. The molecule has 5 aromatic rings. The average molecular weight is 563 g/mol. The molecule has 8 heteroatoms. The van der Waals surface area contributed by atoms with E-state index in [1.807, 2.05) is 91.0 Å². The molecule has 0 saturated carbocycles. The molecule has 0 radical (unpaired) electrons. The van der Waals surface area contributed by atoms with E-state index in [4.69, 9.17) is 9.15 Å². The number of piperazine rings is 1. The minimum atomic E-state index is -0.635. The number of aliphatic hydroxyl groups is 1. The van der Waals surface area contributed by atoms with Crippen LogP contribution in [0.25, 0.3) is 33.7 Å². The molecule has 8 nitrogen and oxygen atoms in total. The van der Waals surface area contributed by atoms with Crippen molar-refractivity contribution in [3.8, 4) is 28.3 Å². The summed E-state index contributed by atoms with van der Waals surface area (Å²) in [5, 5.41) is 13.7. The van der Waals surface area contributed by atoms with Gasteiger partial charge < -0.3 is 19.6 Å². The maximum atomic E-state index is 12.7. The number of nitrogens with one attached hydrogen (secondary N) is 1. The highest BCUT2D eigenvalue weighted by molar-refractivity contribution is 5.93. The van der Waals surface area contributed by atoms with Gasteiger partial charge in [-0.15, -0.1) is 0 Å². The summed E-state index contributed by atoms with van der Waals surface area (Å²) < 4.78 is 11.7. The van der Waals surface area contributed by atoms with Crippen molar-refractivity contribution in [2.75, 3.05) is 51.2 Å². The van der Waals surface area contributed by atoms with E-state index in [1.165, 1.54) is 0 Å². The van der Waals surface area contributed by atoms with Gasteiger partial charge >= 0.3 is 0 Å². The number of oxazole rings is 1. The molecule has 1 unspecified atom stereocenters. The molecule has 1 aliphatic heterocycles. The number of carbonyl (C=O) groups excluding carboxylic acids is 1. The van der Waals surface area contributed by atoms with Gasteiger partial charge in [0.2, 0.25) is 11.8 Å². The fourth-order valence-corrected chi connectivity index (χ4v) is 5.19. The smallest absolute Gasteiger partial charge is 0.238 e. The Morgan fingerprint density at radius 1 is 0.833 bits per heavy atom. The molecule has 4 aromatic carbocycles. The predicted octanol–water partition coefficient (Wildman–Crippen LogP) is 5.16. The number of β-amino-alcohol motifs (C(OH)–C–C–N with tert-alkyl or cyclic N) is 1. The molecule has 1 saturated heterocycles. The molecule has 0 spiro atoms. The van der Waals surface area contributed by atoms with Crippen LogP contribution in [-0.4, -0.2) is 77.8 Å². The van der Waals surface area contributed by atoms with Crippen molar-refractivity contribution in [1.82, 2.24) is 14.8 Å². The van der Waals surface area contributed by atoms with Crippen molar-refractivity contribution in [1.29, 1.82) is 0 Å². The Hall–Kier alpha value is -4.50. The standard InChI is InChI=1S/C34H34N4O4/c39-29(24-41-30-14-15-32-31(21-30)36-34(42-32)26-10-5-2-6-11-26)22-37-16-18-38(19-17-37)23-33(40)35-28-13-7-12-27(20-28)25-8-3-1-4-9-25/h1-15,20-21,29,39H,16-19,22-24H2,(H,35,40). The van der Waals surface area contributed by atoms with Crippen molar-refractivity contribution in [3.05, 3.63) is 103 Å². The van der Waals surface area contributed by atoms with Crippen molar-refractivity contribution < 1.29 is 19.1 Å². The number of rotatable bonds is 10. The number of nitrogens with zero attached hydrogens (tertiary/aromatic N) is 3.